The lowest BCUT2D eigenvalue weighted by Crippen LogP contribution is -2.30. The first-order chi connectivity index (χ1) is 12.8. The molecule has 2 N–H and O–H groups in total. The lowest BCUT2D eigenvalue weighted by atomic mass is 10.1. The molecule has 2 heterocycles. The molecule has 0 aliphatic carbocycles. The van der Waals surface area contributed by atoms with Crippen molar-refractivity contribution >= 4 is 11.9 Å². The van der Waals surface area contributed by atoms with Gasteiger partial charge in [0.05, 0.1) is 0 Å². The fourth-order valence-electron chi connectivity index (χ4n) is 3.49. The zero-order chi connectivity index (χ0) is 20.2. The molecule has 2 aliphatic heterocycles. The Kier molecular flexibility index (Phi) is 11.0. The highest BCUT2D eigenvalue weighted by molar-refractivity contribution is 5.86. The summed E-state index contributed by atoms with van der Waals surface area (Å²) in [5.41, 5.74) is 0.779. The van der Waals surface area contributed by atoms with Gasteiger partial charge in [-0.25, -0.2) is 9.59 Å². The van der Waals surface area contributed by atoms with Crippen molar-refractivity contribution in [2.45, 2.75) is 64.8 Å². The van der Waals surface area contributed by atoms with Gasteiger partial charge >= 0.3 is 11.9 Å². The lowest BCUT2D eigenvalue weighted by Gasteiger charge is -2.26. The molecule has 0 aromatic heterocycles. The van der Waals surface area contributed by atoms with E-state index in [4.69, 9.17) is 10.2 Å². The van der Waals surface area contributed by atoms with Gasteiger partial charge in [0.15, 0.2) is 0 Å². The number of likely N-dealkylation sites (tertiary alicyclic amines) is 2. The number of rotatable bonds is 8. The zero-order valence-corrected chi connectivity index (χ0v) is 17.0. The van der Waals surface area contributed by atoms with Crippen molar-refractivity contribution in [3.63, 3.8) is 0 Å². The summed E-state index contributed by atoms with van der Waals surface area (Å²) < 4.78 is 0. The second kappa shape index (κ2) is 12.7. The van der Waals surface area contributed by atoms with Gasteiger partial charge < -0.3 is 15.1 Å². The van der Waals surface area contributed by atoms with E-state index in [1.165, 1.54) is 45.2 Å². The highest BCUT2D eigenvalue weighted by Crippen LogP contribution is 2.13. The molecule has 0 bridgehead atoms. The molecule has 0 radical (unpaired) electrons. The zero-order valence-electron chi connectivity index (χ0n) is 17.0. The van der Waals surface area contributed by atoms with Gasteiger partial charge in [0.25, 0.3) is 0 Å². The van der Waals surface area contributed by atoms with Crippen molar-refractivity contribution in [3.8, 4) is 0 Å². The van der Waals surface area contributed by atoms with Crippen LogP contribution < -0.4 is 0 Å². The molecular formula is C21H36N2O4. The molecule has 2 fully saturated rings. The fraction of sp³-hybridized carbons (Fsp3) is 0.714. The van der Waals surface area contributed by atoms with Crippen molar-refractivity contribution < 1.29 is 19.8 Å². The van der Waals surface area contributed by atoms with Gasteiger partial charge in [-0.15, -0.1) is 0 Å². The number of hydrogen-bond acceptors (Lipinski definition) is 4. The number of piperidine rings is 1. The first kappa shape index (κ1) is 23.4. The third-order valence-corrected chi connectivity index (χ3v) is 5.25. The van der Waals surface area contributed by atoms with E-state index in [0.29, 0.717) is 17.6 Å². The van der Waals surface area contributed by atoms with Gasteiger partial charge in [0.1, 0.15) is 0 Å². The summed E-state index contributed by atoms with van der Waals surface area (Å²) in [6.07, 6.45) is 9.78. The highest BCUT2D eigenvalue weighted by Gasteiger charge is 2.17. The van der Waals surface area contributed by atoms with Crippen LogP contribution in [0.25, 0.3) is 0 Å². The topological polar surface area (TPSA) is 81.1 Å². The summed E-state index contributed by atoms with van der Waals surface area (Å²) in [7, 11) is 0. The minimum Gasteiger partial charge on any atom is -0.478 e. The Hall–Kier alpha value is -1.66. The molecule has 0 aromatic rings. The molecule has 1 atom stereocenters. The largest absolute Gasteiger partial charge is 0.478 e. The van der Waals surface area contributed by atoms with Gasteiger partial charge in [0.2, 0.25) is 0 Å². The van der Waals surface area contributed by atoms with Gasteiger partial charge in [-0.3, -0.25) is 4.90 Å². The van der Waals surface area contributed by atoms with Gasteiger partial charge in [-0.1, -0.05) is 19.1 Å². The normalized spacial score (nSPS) is 19.9. The molecule has 154 valence electrons. The highest BCUT2D eigenvalue weighted by atomic mass is 16.4. The van der Waals surface area contributed by atoms with Crippen molar-refractivity contribution in [3.05, 3.63) is 23.8 Å². The second-order valence-corrected chi connectivity index (χ2v) is 7.55. The monoisotopic (exact) mass is 380 g/mol. The maximum atomic E-state index is 10.6. The molecule has 0 spiro atoms. The fourth-order valence-corrected chi connectivity index (χ4v) is 3.49. The molecule has 0 saturated carbocycles. The van der Waals surface area contributed by atoms with Crippen LogP contribution in [0.1, 0.15) is 58.8 Å². The molecule has 6 nitrogen and oxygen atoms in total. The average Bonchev–Trinajstić information content (AvgIpc) is 3.17. The van der Waals surface area contributed by atoms with Crippen LogP contribution in [0.15, 0.2) is 23.8 Å². The van der Waals surface area contributed by atoms with Gasteiger partial charge in [-0.05, 0) is 85.1 Å². The average molecular weight is 381 g/mol. The summed E-state index contributed by atoms with van der Waals surface area (Å²) in [6, 6.07) is 0.263. The van der Waals surface area contributed by atoms with E-state index < -0.39 is 11.9 Å². The predicted molar refractivity (Wildman–Crippen MR) is 108 cm³/mol. The molecule has 0 amide bonds. The number of aliphatic carboxylic acids is 2. The van der Waals surface area contributed by atoms with Crippen LogP contribution in [-0.2, 0) is 9.59 Å². The number of carboxylic acids is 2. The first-order valence-corrected chi connectivity index (χ1v) is 10.1. The van der Waals surface area contributed by atoms with Crippen LogP contribution in [0.2, 0.25) is 0 Å². The summed E-state index contributed by atoms with van der Waals surface area (Å²) in [5, 5.41) is 17.3. The Morgan fingerprint density at radius 1 is 1.00 bits per heavy atom. The van der Waals surface area contributed by atoms with Crippen molar-refractivity contribution in [2.24, 2.45) is 0 Å². The van der Waals surface area contributed by atoms with Crippen LogP contribution in [0.5, 0.6) is 0 Å². The molecule has 1 unspecified atom stereocenters. The van der Waals surface area contributed by atoms with Crippen LogP contribution in [0.4, 0.5) is 0 Å². The van der Waals surface area contributed by atoms with Crippen molar-refractivity contribution in [1.29, 1.82) is 0 Å². The molecule has 2 rings (SSSR count). The standard InChI is InChI=1S/C11H19NO2.C10H17NO2/c1-10(11(13)14)6-5-9-12-7-3-2-4-8-12;1-8(10(12)13)7-9(2)11-5-3-4-6-11/h1-9H2,(H,13,14);7,9H,3-6H2,1-2H3,(H,12,13). The Labute approximate surface area is 163 Å². The maximum Gasteiger partial charge on any atom is 0.331 e. The van der Waals surface area contributed by atoms with E-state index in [1.807, 2.05) is 6.08 Å². The summed E-state index contributed by atoms with van der Waals surface area (Å²) in [4.78, 5) is 25.8. The smallest absolute Gasteiger partial charge is 0.331 e. The minimum atomic E-state index is -0.858. The number of hydrogen-bond donors (Lipinski definition) is 2. The molecule has 2 aliphatic rings. The van der Waals surface area contributed by atoms with E-state index in [-0.39, 0.29) is 6.04 Å². The Bertz CT molecular complexity index is 518. The third-order valence-electron chi connectivity index (χ3n) is 5.25. The van der Waals surface area contributed by atoms with E-state index >= 15 is 0 Å². The quantitative estimate of drug-likeness (QED) is 0.628. The number of carbonyl (C=O) groups is 2. The first-order valence-electron chi connectivity index (χ1n) is 10.1. The lowest BCUT2D eigenvalue weighted by molar-refractivity contribution is -0.133. The molecule has 2 saturated heterocycles. The van der Waals surface area contributed by atoms with E-state index in [2.05, 4.69) is 23.3 Å². The van der Waals surface area contributed by atoms with E-state index in [9.17, 15) is 9.59 Å². The number of carboxylic acid groups (broad SMARTS) is 2. The Balaban J connectivity index is 0.000000271. The van der Waals surface area contributed by atoms with Crippen LogP contribution in [0.3, 0.4) is 0 Å². The maximum absolute atomic E-state index is 10.6. The van der Waals surface area contributed by atoms with E-state index in [1.54, 1.807) is 6.92 Å². The Morgan fingerprint density at radius 2 is 1.56 bits per heavy atom. The van der Waals surface area contributed by atoms with Crippen LogP contribution >= 0.6 is 0 Å². The molecule has 6 heteroatoms. The minimum absolute atomic E-state index is 0.263. The molecule has 27 heavy (non-hydrogen) atoms. The van der Waals surface area contributed by atoms with Crippen molar-refractivity contribution in [1.82, 2.24) is 9.80 Å². The number of nitrogens with zero attached hydrogens (tertiary/aromatic N) is 2. The Morgan fingerprint density at radius 3 is 2.07 bits per heavy atom. The van der Waals surface area contributed by atoms with Gasteiger partial charge in [0, 0.05) is 17.2 Å². The van der Waals surface area contributed by atoms with Crippen LogP contribution in [0, 0.1) is 0 Å². The summed E-state index contributed by atoms with van der Waals surface area (Å²) in [6.45, 7) is 12.8. The van der Waals surface area contributed by atoms with Gasteiger partial charge in [-0.2, -0.15) is 0 Å². The van der Waals surface area contributed by atoms with Crippen LogP contribution in [-0.4, -0.2) is 70.7 Å². The third kappa shape index (κ3) is 9.73. The predicted octanol–water partition coefficient (Wildman–Crippen LogP) is 3.39. The molecular weight excluding hydrogens is 344 g/mol. The summed E-state index contributed by atoms with van der Waals surface area (Å²) >= 11 is 0. The summed E-state index contributed by atoms with van der Waals surface area (Å²) in [5.74, 6) is -1.67. The van der Waals surface area contributed by atoms with E-state index in [0.717, 1.165) is 26.1 Å². The second-order valence-electron chi connectivity index (χ2n) is 7.55. The SMILES string of the molecule is C=C(CCCN1CCCCC1)C(=O)O.CC(=CC(C)N1CCCC1)C(=O)O. The van der Waals surface area contributed by atoms with Crippen molar-refractivity contribution in [2.75, 3.05) is 32.7 Å². The molecule has 0 aromatic carbocycles.